The monoisotopic (exact) mass is 282 g/mol. The molecule has 0 fully saturated rings. The number of amides is 1. The zero-order valence-electron chi connectivity index (χ0n) is 11.5. The Bertz CT molecular complexity index is 529. The lowest BCUT2D eigenvalue weighted by Crippen LogP contribution is -2.40. The van der Waals surface area contributed by atoms with Crippen molar-refractivity contribution in [2.24, 2.45) is 22.0 Å². The maximum atomic E-state index is 13.8. The van der Waals surface area contributed by atoms with Gasteiger partial charge in [0.15, 0.2) is 5.84 Å². The number of halogens is 1. The summed E-state index contributed by atoms with van der Waals surface area (Å²) in [5.74, 6) is -1.05. The first kappa shape index (κ1) is 15.9. The van der Waals surface area contributed by atoms with Gasteiger partial charge in [-0.05, 0) is 19.9 Å². The molecule has 0 atom stereocenters. The molecule has 0 saturated heterocycles. The third-order valence-corrected chi connectivity index (χ3v) is 3.01. The van der Waals surface area contributed by atoms with E-state index in [1.807, 2.05) is 0 Å². The van der Waals surface area contributed by atoms with Gasteiger partial charge in [0.05, 0.1) is 5.41 Å². The molecule has 110 valence electrons. The van der Waals surface area contributed by atoms with Gasteiger partial charge in [-0.15, -0.1) is 0 Å². The van der Waals surface area contributed by atoms with Gasteiger partial charge in [0.1, 0.15) is 5.82 Å². The van der Waals surface area contributed by atoms with Gasteiger partial charge in [-0.1, -0.05) is 17.3 Å². The number of hydrogen-bond acceptors (Lipinski definition) is 4. The fourth-order valence-corrected chi connectivity index (χ4v) is 1.50. The Labute approximate surface area is 116 Å². The lowest BCUT2D eigenvalue weighted by molar-refractivity contribution is -0.125. The number of oxime groups is 1. The molecule has 0 aliphatic heterocycles. The van der Waals surface area contributed by atoms with Gasteiger partial charge < -0.3 is 22.0 Å². The highest BCUT2D eigenvalue weighted by atomic mass is 19.1. The van der Waals surface area contributed by atoms with Crippen molar-refractivity contribution in [1.29, 1.82) is 0 Å². The van der Waals surface area contributed by atoms with E-state index in [0.29, 0.717) is 17.7 Å². The highest BCUT2D eigenvalue weighted by Gasteiger charge is 2.24. The molecule has 1 rings (SSSR count). The van der Waals surface area contributed by atoms with Crippen LogP contribution in [-0.2, 0) is 11.3 Å². The molecule has 1 aromatic carbocycles. The molecule has 0 aromatic heterocycles. The topological polar surface area (TPSA) is 114 Å². The average Bonchev–Trinajstić information content (AvgIpc) is 2.39. The summed E-state index contributed by atoms with van der Waals surface area (Å²) in [7, 11) is 0. The number of carbonyl (C=O) groups is 1. The van der Waals surface area contributed by atoms with Crippen molar-refractivity contribution in [3.8, 4) is 0 Å². The second kappa shape index (κ2) is 6.33. The van der Waals surface area contributed by atoms with E-state index in [2.05, 4.69) is 10.5 Å². The van der Waals surface area contributed by atoms with Gasteiger partial charge in [0, 0.05) is 24.2 Å². The summed E-state index contributed by atoms with van der Waals surface area (Å²) in [6.07, 6.45) is 0. The van der Waals surface area contributed by atoms with Crippen molar-refractivity contribution >= 4 is 11.7 Å². The van der Waals surface area contributed by atoms with E-state index in [1.165, 1.54) is 12.1 Å². The molecule has 0 unspecified atom stereocenters. The van der Waals surface area contributed by atoms with Gasteiger partial charge in [-0.25, -0.2) is 4.39 Å². The molecule has 0 saturated carbocycles. The predicted molar refractivity (Wildman–Crippen MR) is 73.6 cm³/mol. The van der Waals surface area contributed by atoms with Crippen molar-refractivity contribution in [1.82, 2.24) is 5.32 Å². The second-order valence-corrected chi connectivity index (χ2v) is 5.14. The van der Waals surface area contributed by atoms with E-state index < -0.39 is 17.1 Å². The third-order valence-electron chi connectivity index (χ3n) is 3.01. The van der Waals surface area contributed by atoms with Crippen molar-refractivity contribution < 1.29 is 14.4 Å². The van der Waals surface area contributed by atoms with Crippen molar-refractivity contribution in [3.05, 3.63) is 35.1 Å². The first-order valence-electron chi connectivity index (χ1n) is 6.05. The van der Waals surface area contributed by atoms with Crippen LogP contribution in [0.15, 0.2) is 23.4 Å². The van der Waals surface area contributed by atoms with E-state index in [0.717, 1.165) is 0 Å². The Morgan fingerprint density at radius 2 is 2.10 bits per heavy atom. The number of nitrogens with one attached hydrogen (secondary N) is 1. The summed E-state index contributed by atoms with van der Waals surface area (Å²) in [6, 6.07) is 4.27. The van der Waals surface area contributed by atoms with Crippen LogP contribution in [0.1, 0.15) is 25.0 Å². The minimum Gasteiger partial charge on any atom is -0.409 e. The number of hydrogen-bond donors (Lipinski definition) is 4. The van der Waals surface area contributed by atoms with Crippen LogP contribution in [0.5, 0.6) is 0 Å². The predicted octanol–water partition coefficient (Wildman–Crippen LogP) is 0.521. The van der Waals surface area contributed by atoms with Crippen LogP contribution in [0.4, 0.5) is 4.39 Å². The number of benzene rings is 1. The quantitative estimate of drug-likeness (QED) is 0.263. The van der Waals surface area contributed by atoms with Crippen LogP contribution in [0.3, 0.4) is 0 Å². The molecule has 0 spiro atoms. The van der Waals surface area contributed by atoms with E-state index in [4.69, 9.17) is 16.7 Å². The van der Waals surface area contributed by atoms with Crippen LogP contribution < -0.4 is 16.8 Å². The maximum Gasteiger partial charge on any atom is 0.224 e. The first-order chi connectivity index (χ1) is 9.27. The van der Waals surface area contributed by atoms with Crippen LogP contribution in [0, 0.1) is 11.2 Å². The number of amidine groups is 1. The average molecular weight is 282 g/mol. The maximum absolute atomic E-state index is 13.8. The largest absolute Gasteiger partial charge is 0.409 e. The van der Waals surface area contributed by atoms with Gasteiger partial charge >= 0.3 is 0 Å². The first-order valence-corrected chi connectivity index (χ1v) is 6.05. The van der Waals surface area contributed by atoms with Gasteiger partial charge in [0.2, 0.25) is 5.91 Å². The standard InChI is InChI=1S/C13H19FN4O2/c1-13(2,12(16)19)7-17-6-9-4-3-8(5-10(9)14)11(15)18-20/h3-5,17,20H,6-7H2,1-2H3,(H2,15,18)(H2,16,19). The molecule has 6 nitrogen and oxygen atoms in total. The van der Waals surface area contributed by atoms with Crippen LogP contribution >= 0.6 is 0 Å². The lowest BCUT2D eigenvalue weighted by Gasteiger charge is -2.20. The Kier molecular flexibility index (Phi) is 5.04. The third kappa shape index (κ3) is 3.92. The molecular weight excluding hydrogens is 263 g/mol. The molecule has 0 bridgehead atoms. The Morgan fingerprint density at radius 3 is 2.60 bits per heavy atom. The van der Waals surface area contributed by atoms with E-state index in [1.54, 1.807) is 19.9 Å². The Hall–Kier alpha value is -2.15. The molecule has 0 heterocycles. The Balaban J connectivity index is 2.69. The zero-order chi connectivity index (χ0) is 15.3. The summed E-state index contributed by atoms with van der Waals surface area (Å²) < 4.78 is 13.8. The van der Waals surface area contributed by atoms with E-state index >= 15 is 0 Å². The number of primary amides is 1. The number of carbonyl (C=O) groups excluding carboxylic acids is 1. The molecule has 1 aromatic rings. The SMILES string of the molecule is CC(C)(CNCc1ccc(/C(N)=N/O)cc1F)C(N)=O. The van der Waals surface area contributed by atoms with Crippen molar-refractivity contribution in [3.63, 3.8) is 0 Å². The smallest absolute Gasteiger partial charge is 0.224 e. The summed E-state index contributed by atoms with van der Waals surface area (Å²) in [5.41, 5.74) is 10.6. The van der Waals surface area contributed by atoms with Crippen LogP contribution in [0.25, 0.3) is 0 Å². The normalized spacial score (nSPS) is 12.4. The zero-order valence-corrected chi connectivity index (χ0v) is 11.5. The summed E-state index contributed by atoms with van der Waals surface area (Å²) in [6.45, 7) is 4.00. The van der Waals surface area contributed by atoms with E-state index in [-0.39, 0.29) is 12.4 Å². The number of nitrogens with zero attached hydrogens (tertiary/aromatic N) is 1. The van der Waals surface area contributed by atoms with Gasteiger partial charge in [0.25, 0.3) is 0 Å². The minimum atomic E-state index is -0.704. The molecule has 7 heteroatoms. The molecule has 20 heavy (non-hydrogen) atoms. The van der Waals surface area contributed by atoms with Crippen LogP contribution in [0.2, 0.25) is 0 Å². The highest BCUT2D eigenvalue weighted by molar-refractivity contribution is 5.97. The van der Waals surface area contributed by atoms with Gasteiger partial charge in [-0.2, -0.15) is 0 Å². The van der Waals surface area contributed by atoms with Crippen LogP contribution in [-0.4, -0.2) is 23.5 Å². The fraction of sp³-hybridized carbons (Fsp3) is 0.385. The molecule has 6 N–H and O–H groups in total. The van der Waals surface area contributed by atoms with Crippen molar-refractivity contribution in [2.75, 3.05) is 6.54 Å². The highest BCUT2D eigenvalue weighted by Crippen LogP contribution is 2.14. The van der Waals surface area contributed by atoms with Gasteiger partial charge in [-0.3, -0.25) is 4.79 Å². The fourth-order valence-electron chi connectivity index (χ4n) is 1.50. The van der Waals surface area contributed by atoms with Crippen molar-refractivity contribution in [2.45, 2.75) is 20.4 Å². The molecule has 0 radical (unpaired) electrons. The summed E-state index contributed by atoms with van der Waals surface area (Å²) in [4.78, 5) is 11.1. The molecule has 1 amide bonds. The Morgan fingerprint density at radius 1 is 1.45 bits per heavy atom. The van der Waals surface area contributed by atoms with E-state index in [9.17, 15) is 9.18 Å². The lowest BCUT2D eigenvalue weighted by atomic mass is 9.93. The number of nitrogens with two attached hydrogens (primary N) is 2. The summed E-state index contributed by atoms with van der Waals surface area (Å²) in [5, 5.41) is 14.3. The summed E-state index contributed by atoms with van der Waals surface area (Å²) >= 11 is 0. The molecule has 0 aliphatic rings. The molecule has 0 aliphatic carbocycles. The molecular formula is C13H19FN4O2. The minimum absolute atomic E-state index is 0.154. The second-order valence-electron chi connectivity index (χ2n) is 5.14. The number of rotatable bonds is 6.